The molecule has 3 nitrogen and oxygen atoms in total. The summed E-state index contributed by atoms with van der Waals surface area (Å²) < 4.78 is 14.0. The summed E-state index contributed by atoms with van der Waals surface area (Å²) in [5.74, 6) is -0.778. The van der Waals surface area contributed by atoms with E-state index < -0.39 is 5.82 Å². The normalized spacial score (nSPS) is 10.8. The first-order valence-corrected chi connectivity index (χ1v) is 7.28. The molecular weight excluding hydrogens is 311 g/mol. The molecule has 0 aliphatic rings. The van der Waals surface area contributed by atoms with Gasteiger partial charge in [-0.3, -0.25) is 4.79 Å². The topological polar surface area (TPSA) is 55.1 Å². The third kappa shape index (κ3) is 2.70. The van der Waals surface area contributed by atoms with Crippen LogP contribution in [0.3, 0.4) is 0 Å². The quantitative estimate of drug-likeness (QED) is 0.729. The molecule has 1 amide bonds. The van der Waals surface area contributed by atoms with Gasteiger partial charge in [-0.25, -0.2) is 4.39 Å². The number of nitrogens with one attached hydrogen (secondary N) is 1. The zero-order valence-corrected chi connectivity index (χ0v) is 12.3. The Morgan fingerprint density at radius 1 is 1.24 bits per heavy atom. The Bertz CT molecular complexity index is 847. The van der Waals surface area contributed by atoms with E-state index in [1.807, 2.05) is 0 Å². The standard InChI is InChI=1S/C15H10ClFN2OS/c16-8-4-5-11-12(6-8)21-14(13(11)18)15(20)19-10-3-1-2-9(17)7-10/h1-7H,18H2,(H,19,20). The molecule has 0 saturated heterocycles. The number of benzene rings is 2. The average Bonchev–Trinajstić information content (AvgIpc) is 2.75. The number of rotatable bonds is 2. The van der Waals surface area contributed by atoms with Crippen molar-refractivity contribution in [3.63, 3.8) is 0 Å². The van der Waals surface area contributed by atoms with Crippen molar-refractivity contribution in [2.45, 2.75) is 0 Å². The second-order valence-corrected chi connectivity index (χ2v) is 5.94. The van der Waals surface area contributed by atoms with Crippen molar-refractivity contribution in [3.05, 3.63) is 58.2 Å². The van der Waals surface area contributed by atoms with E-state index in [4.69, 9.17) is 17.3 Å². The lowest BCUT2D eigenvalue weighted by molar-refractivity contribution is 0.103. The van der Waals surface area contributed by atoms with Crippen LogP contribution in [0.4, 0.5) is 15.8 Å². The first kappa shape index (κ1) is 13.9. The van der Waals surface area contributed by atoms with E-state index in [-0.39, 0.29) is 5.91 Å². The van der Waals surface area contributed by atoms with Crippen LogP contribution in [0.15, 0.2) is 42.5 Å². The van der Waals surface area contributed by atoms with Crippen molar-refractivity contribution >= 4 is 50.3 Å². The predicted molar refractivity (Wildman–Crippen MR) is 85.6 cm³/mol. The molecule has 1 aromatic heterocycles. The van der Waals surface area contributed by atoms with E-state index in [0.717, 1.165) is 10.1 Å². The minimum absolute atomic E-state index is 0.365. The highest BCUT2D eigenvalue weighted by Crippen LogP contribution is 2.35. The molecule has 0 atom stereocenters. The van der Waals surface area contributed by atoms with E-state index in [0.29, 0.717) is 21.3 Å². The lowest BCUT2D eigenvalue weighted by atomic mass is 10.2. The van der Waals surface area contributed by atoms with Crippen molar-refractivity contribution in [2.75, 3.05) is 11.1 Å². The molecular formula is C15H10ClFN2OS. The van der Waals surface area contributed by atoms with E-state index >= 15 is 0 Å². The van der Waals surface area contributed by atoms with Gasteiger partial charge in [-0.15, -0.1) is 11.3 Å². The number of fused-ring (bicyclic) bond motifs is 1. The molecule has 0 aliphatic carbocycles. The number of hydrogen-bond acceptors (Lipinski definition) is 3. The molecule has 0 radical (unpaired) electrons. The SMILES string of the molecule is Nc1c(C(=O)Nc2cccc(F)c2)sc2cc(Cl)ccc12. The lowest BCUT2D eigenvalue weighted by Crippen LogP contribution is -2.11. The van der Waals surface area contributed by atoms with Gasteiger partial charge in [-0.1, -0.05) is 17.7 Å². The molecule has 6 heteroatoms. The van der Waals surface area contributed by atoms with E-state index in [9.17, 15) is 9.18 Å². The number of nitrogens with two attached hydrogens (primary N) is 1. The van der Waals surface area contributed by atoms with Gasteiger partial charge >= 0.3 is 0 Å². The largest absolute Gasteiger partial charge is 0.397 e. The Balaban J connectivity index is 1.96. The van der Waals surface area contributed by atoms with Crippen molar-refractivity contribution in [2.24, 2.45) is 0 Å². The summed E-state index contributed by atoms with van der Waals surface area (Å²) in [5, 5.41) is 4.00. The van der Waals surface area contributed by atoms with Gasteiger partial charge in [0, 0.05) is 20.8 Å². The van der Waals surface area contributed by atoms with Crippen LogP contribution < -0.4 is 11.1 Å². The van der Waals surface area contributed by atoms with Crippen molar-refractivity contribution in [3.8, 4) is 0 Å². The second-order valence-electron chi connectivity index (χ2n) is 4.45. The van der Waals surface area contributed by atoms with Gasteiger partial charge in [-0.2, -0.15) is 0 Å². The number of carbonyl (C=O) groups is 1. The first-order valence-electron chi connectivity index (χ1n) is 6.09. The third-order valence-corrected chi connectivity index (χ3v) is 4.38. The fourth-order valence-electron chi connectivity index (χ4n) is 2.01. The summed E-state index contributed by atoms with van der Waals surface area (Å²) in [6, 6.07) is 11.0. The predicted octanol–water partition coefficient (Wildman–Crippen LogP) is 4.53. The summed E-state index contributed by atoms with van der Waals surface area (Å²) in [5.41, 5.74) is 6.79. The molecule has 2 aromatic carbocycles. The molecule has 0 fully saturated rings. The van der Waals surface area contributed by atoms with Gasteiger partial charge in [0.1, 0.15) is 10.7 Å². The molecule has 21 heavy (non-hydrogen) atoms. The van der Waals surface area contributed by atoms with E-state index in [1.165, 1.54) is 29.5 Å². The maximum atomic E-state index is 13.1. The summed E-state index contributed by atoms with van der Waals surface area (Å²) in [4.78, 5) is 12.7. The van der Waals surface area contributed by atoms with Crippen LogP contribution in [0.2, 0.25) is 5.02 Å². The maximum absolute atomic E-state index is 13.1. The van der Waals surface area contributed by atoms with Crippen molar-refractivity contribution in [1.29, 1.82) is 0 Å². The second kappa shape index (κ2) is 5.35. The number of nitrogen functional groups attached to an aromatic ring is 1. The molecule has 3 rings (SSSR count). The fraction of sp³-hybridized carbons (Fsp3) is 0. The molecule has 0 spiro atoms. The Morgan fingerprint density at radius 2 is 2.05 bits per heavy atom. The van der Waals surface area contributed by atoms with Gasteiger partial charge in [0.25, 0.3) is 5.91 Å². The summed E-state index contributed by atoms with van der Waals surface area (Å²) in [6.45, 7) is 0. The lowest BCUT2D eigenvalue weighted by Gasteiger charge is -2.04. The van der Waals surface area contributed by atoms with Crippen LogP contribution in [0, 0.1) is 5.82 Å². The Morgan fingerprint density at radius 3 is 2.81 bits per heavy atom. The van der Waals surface area contributed by atoms with Gasteiger partial charge in [0.2, 0.25) is 0 Å². The van der Waals surface area contributed by atoms with Gasteiger partial charge < -0.3 is 11.1 Å². The van der Waals surface area contributed by atoms with Crippen LogP contribution >= 0.6 is 22.9 Å². The number of amides is 1. The van der Waals surface area contributed by atoms with E-state index in [2.05, 4.69) is 5.32 Å². The van der Waals surface area contributed by atoms with Crippen molar-refractivity contribution < 1.29 is 9.18 Å². The van der Waals surface area contributed by atoms with Crippen molar-refractivity contribution in [1.82, 2.24) is 0 Å². The van der Waals surface area contributed by atoms with Gasteiger partial charge in [0.05, 0.1) is 5.69 Å². The third-order valence-electron chi connectivity index (χ3n) is 2.98. The first-order chi connectivity index (χ1) is 10.0. The van der Waals surface area contributed by atoms with E-state index in [1.54, 1.807) is 24.3 Å². The molecule has 1 heterocycles. The zero-order chi connectivity index (χ0) is 15.0. The van der Waals surface area contributed by atoms with Gasteiger partial charge in [0.15, 0.2) is 0 Å². The molecule has 0 unspecified atom stereocenters. The highest BCUT2D eigenvalue weighted by molar-refractivity contribution is 7.21. The molecule has 3 N–H and O–H groups in total. The monoisotopic (exact) mass is 320 g/mol. The number of halogens is 2. The van der Waals surface area contributed by atoms with Crippen LogP contribution in [-0.4, -0.2) is 5.91 Å². The molecule has 3 aromatic rings. The Hall–Kier alpha value is -2.11. The smallest absolute Gasteiger partial charge is 0.267 e. The maximum Gasteiger partial charge on any atom is 0.267 e. The number of carbonyl (C=O) groups excluding carboxylic acids is 1. The number of hydrogen-bond donors (Lipinski definition) is 2. The minimum Gasteiger partial charge on any atom is -0.397 e. The average molecular weight is 321 g/mol. The molecule has 0 aliphatic heterocycles. The van der Waals surface area contributed by atoms with Crippen LogP contribution in [0.25, 0.3) is 10.1 Å². The Kier molecular flexibility index (Phi) is 3.53. The van der Waals surface area contributed by atoms with Crippen LogP contribution in [0.5, 0.6) is 0 Å². The minimum atomic E-state index is -0.413. The zero-order valence-electron chi connectivity index (χ0n) is 10.7. The summed E-state index contributed by atoms with van der Waals surface area (Å²) in [6.07, 6.45) is 0. The number of thiophene rings is 1. The van der Waals surface area contributed by atoms with Gasteiger partial charge in [-0.05, 0) is 36.4 Å². The number of anilines is 2. The van der Waals surface area contributed by atoms with Crippen LogP contribution in [-0.2, 0) is 0 Å². The van der Waals surface area contributed by atoms with Crippen LogP contribution in [0.1, 0.15) is 9.67 Å². The summed E-state index contributed by atoms with van der Waals surface area (Å²) in [7, 11) is 0. The molecule has 0 bridgehead atoms. The molecule has 0 saturated carbocycles. The highest BCUT2D eigenvalue weighted by Gasteiger charge is 2.16. The molecule has 106 valence electrons. The Labute approximate surface area is 129 Å². The fourth-order valence-corrected chi connectivity index (χ4v) is 3.31. The summed E-state index contributed by atoms with van der Waals surface area (Å²) >= 11 is 7.19. The highest BCUT2D eigenvalue weighted by atomic mass is 35.5.